The Morgan fingerprint density at radius 1 is 1.15 bits per heavy atom. The van der Waals surface area contributed by atoms with Crippen LogP contribution in [0.4, 0.5) is 10.7 Å². The van der Waals surface area contributed by atoms with Crippen molar-refractivity contribution in [2.75, 3.05) is 5.32 Å². The largest absolute Gasteiger partial charge is 0.465 e. The molecule has 1 aromatic heterocycles. The summed E-state index contributed by atoms with van der Waals surface area (Å²) in [7, 11) is 0. The van der Waals surface area contributed by atoms with Crippen LogP contribution in [-0.4, -0.2) is 27.0 Å². The average Bonchev–Trinajstić information content (AvgIpc) is 3.13. The van der Waals surface area contributed by atoms with Crippen molar-refractivity contribution in [2.24, 2.45) is 5.73 Å². The van der Waals surface area contributed by atoms with Gasteiger partial charge in [-0.1, -0.05) is 32.1 Å². The fourth-order valence-electron chi connectivity index (χ4n) is 2.45. The maximum absolute atomic E-state index is 10.6. The number of nitrogen functional groups attached to an aromatic ring is 1. The summed E-state index contributed by atoms with van der Waals surface area (Å²) in [5, 5.41) is 18.0. The Labute approximate surface area is 151 Å². The number of nitrogens with zero attached hydrogens (tertiary/aromatic N) is 2. The van der Waals surface area contributed by atoms with Crippen LogP contribution in [0.5, 0.6) is 11.6 Å². The normalized spacial score (nSPS) is 12.7. The molecule has 0 bridgehead atoms. The molecule has 0 radical (unpaired) electrons. The maximum atomic E-state index is 10.6. The SMILES string of the molecule is C1CCCC1.Cc1cc(Oc2ccc(C(=N)N)cc2)nc(NC(=O)O)n1. The third-order valence-corrected chi connectivity index (χ3v) is 3.69. The molecule has 1 saturated carbocycles. The minimum Gasteiger partial charge on any atom is -0.465 e. The Balaban J connectivity index is 0.000000417. The van der Waals surface area contributed by atoms with E-state index in [1.165, 1.54) is 32.1 Å². The third kappa shape index (κ3) is 6.39. The van der Waals surface area contributed by atoms with E-state index in [1.54, 1.807) is 37.3 Å². The molecule has 0 saturated heterocycles. The van der Waals surface area contributed by atoms with Crippen molar-refractivity contribution in [1.29, 1.82) is 5.41 Å². The molecule has 1 aromatic carbocycles. The van der Waals surface area contributed by atoms with Gasteiger partial charge in [-0.2, -0.15) is 4.98 Å². The predicted molar refractivity (Wildman–Crippen MR) is 99.0 cm³/mol. The first-order valence-electron chi connectivity index (χ1n) is 8.42. The van der Waals surface area contributed by atoms with E-state index < -0.39 is 6.09 Å². The van der Waals surface area contributed by atoms with Crippen LogP contribution < -0.4 is 15.8 Å². The number of carboxylic acid groups (broad SMARTS) is 1. The zero-order valence-electron chi connectivity index (χ0n) is 14.7. The van der Waals surface area contributed by atoms with E-state index in [9.17, 15) is 4.79 Å². The lowest BCUT2D eigenvalue weighted by molar-refractivity contribution is 0.209. The first kappa shape index (κ1) is 19.2. The highest BCUT2D eigenvalue weighted by Gasteiger charge is 2.07. The molecule has 8 heteroatoms. The number of hydrogen-bond donors (Lipinski definition) is 4. The molecule has 5 N–H and O–H groups in total. The predicted octanol–water partition coefficient (Wildman–Crippen LogP) is 3.90. The van der Waals surface area contributed by atoms with E-state index in [0.29, 0.717) is 17.0 Å². The van der Waals surface area contributed by atoms with Crippen LogP contribution >= 0.6 is 0 Å². The van der Waals surface area contributed by atoms with Crippen molar-refractivity contribution in [3.8, 4) is 11.6 Å². The number of hydrogen-bond acceptors (Lipinski definition) is 5. The van der Waals surface area contributed by atoms with Crippen LogP contribution in [0.1, 0.15) is 43.4 Å². The number of nitrogens with one attached hydrogen (secondary N) is 2. The second-order valence-electron chi connectivity index (χ2n) is 5.91. The number of aryl methyl sites for hydroxylation is 1. The number of benzene rings is 1. The van der Waals surface area contributed by atoms with Gasteiger partial charge in [0.25, 0.3) is 0 Å². The molecular weight excluding hydrogens is 334 g/mol. The first-order valence-corrected chi connectivity index (χ1v) is 8.42. The van der Waals surface area contributed by atoms with Gasteiger partial charge in [-0.05, 0) is 31.2 Å². The van der Waals surface area contributed by atoms with Gasteiger partial charge in [0, 0.05) is 17.3 Å². The Hall–Kier alpha value is -3.16. The summed E-state index contributed by atoms with van der Waals surface area (Å²) in [6, 6.07) is 8.13. The summed E-state index contributed by atoms with van der Waals surface area (Å²) in [6.45, 7) is 1.69. The molecule has 0 unspecified atom stereocenters. The van der Waals surface area contributed by atoms with E-state index in [0.717, 1.165) is 0 Å². The standard InChI is InChI=1S/C13H13N5O3.C5H10/c1-7-6-10(17-12(16-7)18-13(19)20)21-9-4-2-8(3-5-9)11(14)15;1-2-4-5-3-1/h2-6H,1H3,(H3,14,15)(H,19,20)(H,16,17,18);1-5H2. The van der Waals surface area contributed by atoms with Gasteiger partial charge in [-0.3, -0.25) is 10.7 Å². The van der Waals surface area contributed by atoms with E-state index in [-0.39, 0.29) is 17.7 Å². The molecule has 8 nitrogen and oxygen atoms in total. The molecule has 1 heterocycles. The van der Waals surface area contributed by atoms with Crippen molar-refractivity contribution < 1.29 is 14.6 Å². The molecule has 1 aliphatic rings. The monoisotopic (exact) mass is 357 g/mol. The van der Waals surface area contributed by atoms with Crippen LogP contribution in [0.25, 0.3) is 0 Å². The molecule has 3 rings (SSSR count). The molecule has 1 fully saturated rings. The first-order chi connectivity index (χ1) is 12.4. The summed E-state index contributed by atoms with van der Waals surface area (Å²) in [4.78, 5) is 18.4. The Kier molecular flexibility index (Phi) is 6.90. The van der Waals surface area contributed by atoms with Gasteiger partial charge in [-0.15, -0.1) is 0 Å². The molecule has 1 amide bonds. The second-order valence-corrected chi connectivity index (χ2v) is 5.91. The summed E-state index contributed by atoms with van der Waals surface area (Å²) in [6.07, 6.45) is 6.25. The Bertz CT molecular complexity index is 750. The Morgan fingerprint density at radius 2 is 1.73 bits per heavy atom. The minimum absolute atomic E-state index is 0.0348. The van der Waals surface area contributed by atoms with Gasteiger partial charge in [0.15, 0.2) is 0 Å². The van der Waals surface area contributed by atoms with Gasteiger partial charge in [0.05, 0.1) is 0 Å². The molecule has 0 atom stereocenters. The van der Waals surface area contributed by atoms with Crippen LogP contribution in [0.15, 0.2) is 30.3 Å². The lowest BCUT2D eigenvalue weighted by Crippen LogP contribution is -2.11. The number of carbonyl (C=O) groups is 1. The number of aromatic nitrogens is 2. The van der Waals surface area contributed by atoms with E-state index in [2.05, 4.69) is 15.3 Å². The van der Waals surface area contributed by atoms with Crippen LogP contribution in [0.3, 0.4) is 0 Å². The molecule has 1 aliphatic carbocycles. The van der Waals surface area contributed by atoms with E-state index in [4.69, 9.17) is 21.0 Å². The number of nitrogens with two attached hydrogens (primary N) is 1. The molecule has 0 spiro atoms. The molecular formula is C18H23N5O3. The van der Waals surface area contributed by atoms with Gasteiger partial charge in [-0.25, -0.2) is 9.78 Å². The van der Waals surface area contributed by atoms with Crippen molar-refractivity contribution in [3.05, 3.63) is 41.6 Å². The van der Waals surface area contributed by atoms with Crippen molar-refractivity contribution in [2.45, 2.75) is 39.0 Å². The summed E-state index contributed by atoms with van der Waals surface area (Å²) in [5.74, 6) is 0.603. The molecule has 26 heavy (non-hydrogen) atoms. The van der Waals surface area contributed by atoms with E-state index >= 15 is 0 Å². The number of ether oxygens (including phenoxy) is 1. The number of amidine groups is 1. The summed E-state index contributed by atoms with van der Waals surface area (Å²) < 4.78 is 5.52. The van der Waals surface area contributed by atoms with Crippen molar-refractivity contribution in [3.63, 3.8) is 0 Å². The topological polar surface area (TPSA) is 134 Å². The summed E-state index contributed by atoms with van der Waals surface area (Å²) in [5.41, 5.74) is 6.50. The average molecular weight is 357 g/mol. The number of anilines is 1. The second kappa shape index (κ2) is 9.36. The highest BCUT2D eigenvalue weighted by atomic mass is 16.5. The lowest BCUT2D eigenvalue weighted by Gasteiger charge is -2.08. The molecule has 2 aromatic rings. The van der Waals surface area contributed by atoms with Gasteiger partial charge in [0.1, 0.15) is 11.6 Å². The number of amides is 1. The fraction of sp³-hybridized carbons (Fsp3) is 0.333. The highest BCUT2D eigenvalue weighted by molar-refractivity contribution is 5.94. The smallest absolute Gasteiger partial charge is 0.411 e. The van der Waals surface area contributed by atoms with Crippen molar-refractivity contribution >= 4 is 17.9 Å². The quantitative estimate of drug-likeness (QED) is 0.484. The van der Waals surface area contributed by atoms with Gasteiger partial charge >= 0.3 is 6.09 Å². The Morgan fingerprint density at radius 3 is 2.23 bits per heavy atom. The van der Waals surface area contributed by atoms with Crippen LogP contribution in [0, 0.1) is 12.3 Å². The minimum atomic E-state index is -1.25. The van der Waals surface area contributed by atoms with Gasteiger partial charge in [0.2, 0.25) is 11.8 Å². The summed E-state index contributed by atoms with van der Waals surface area (Å²) >= 11 is 0. The highest BCUT2D eigenvalue weighted by Crippen LogP contribution is 2.21. The van der Waals surface area contributed by atoms with Crippen molar-refractivity contribution in [1.82, 2.24) is 9.97 Å². The zero-order chi connectivity index (χ0) is 18.9. The maximum Gasteiger partial charge on any atom is 0.411 e. The van der Waals surface area contributed by atoms with Crippen LogP contribution in [-0.2, 0) is 0 Å². The number of rotatable bonds is 4. The fourth-order valence-corrected chi connectivity index (χ4v) is 2.45. The molecule has 138 valence electrons. The van der Waals surface area contributed by atoms with E-state index in [1.807, 2.05) is 0 Å². The van der Waals surface area contributed by atoms with Crippen LogP contribution in [0.2, 0.25) is 0 Å². The molecule has 0 aliphatic heterocycles. The lowest BCUT2D eigenvalue weighted by atomic mass is 10.2. The van der Waals surface area contributed by atoms with Gasteiger partial charge < -0.3 is 15.6 Å². The third-order valence-electron chi connectivity index (χ3n) is 3.69. The zero-order valence-corrected chi connectivity index (χ0v) is 14.7.